The first kappa shape index (κ1) is 17.3. The Hall–Kier alpha value is -2.13. The summed E-state index contributed by atoms with van der Waals surface area (Å²) in [6.07, 6.45) is 3.27. The van der Waals surface area contributed by atoms with Gasteiger partial charge in [0.2, 0.25) is 0 Å². The second kappa shape index (κ2) is 6.88. The molecule has 136 valence electrons. The van der Waals surface area contributed by atoms with Crippen LogP contribution >= 0.6 is 0 Å². The van der Waals surface area contributed by atoms with Crippen molar-refractivity contribution in [2.24, 2.45) is 5.92 Å². The smallest absolute Gasteiger partial charge is 0.313 e. The van der Waals surface area contributed by atoms with Crippen LogP contribution in [-0.2, 0) is 17.6 Å². The van der Waals surface area contributed by atoms with E-state index in [1.807, 2.05) is 26.0 Å². The van der Waals surface area contributed by atoms with Crippen LogP contribution in [0.25, 0.3) is 11.1 Å². The quantitative estimate of drug-likeness (QED) is 0.588. The highest BCUT2D eigenvalue weighted by molar-refractivity contribution is 5.84. The molecule has 0 radical (unpaired) electrons. The van der Waals surface area contributed by atoms with Gasteiger partial charge in [-0.25, -0.2) is 0 Å². The number of hydrogen-bond donors (Lipinski definition) is 0. The Bertz CT molecular complexity index is 840. The third-order valence-electron chi connectivity index (χ3n) is 5.63. The van der Waals surface area contributed by atoms with Crippen LogP contribution in [-0.4, -0.2) is 24.0 Å². The largest absolute Gasteiger partial charge is 0.426 e. The van der Waals surface area contributed by atoms with Crippen LogP contribution in [0, 0.1) is 5.92 Å². The zero-order valence-electron chi connectivity index (χ0n) is 15.9. The molecule has 1 atom stereocenters. The molecule has 4 rings (SSSR count). The number of hydrogen-bond acceptors (Lipinski definition) is 3. The van der Waals surface area contributed by atoms with E-state index in [0.29, 0.717) is 11.8 Å². The third-order valence-corrected chi connectivity index (χ3v) is 5.63. The van der Waals surface area contributed by atoms with E-state index in [4.69, 9.17) is 4.74 Å². The van der Waals surface area contributed by atoms with Crippen molar-refractivity contribution in [3.05, 3.63) is 53.1 Å². The van der Waals surface area contributed by atoms with Gasteiger partial charge >= 0.3 is 5.97 Å². The van der Waals surface area contributed by atoms with Gasteiger partial charge in [0.05, 0.1) is 5.92 Å². The topological polar surface area (TPSA) is 29.5 Å². The molecule has 26 heavy (non-hydrogen) atoms. The summed E-state index contributed by atoms with van der Waals surface area (Å²) >= 11 is 0. The van der Waals surface area contributed by atoms with Crippen LogP contribution in [0.1, 0.15) is 49.9 Å². The summed E-state index contributed by atoms with van der Waals surface area (Å²) in [5.74, 6) is 0.408. The Morgan fingerprint density at radius 1 is 1.19 bits per heavy atom. The second-order valence-corrected chi connectivity index (χ2v) is 7.75. The maximum Gasteiger partial charge on any atom is 0.313 e. The molecular formula is C23H27NO2. The summed E-state index contributed by atoms with van der Waals surface area (Å²) in [4.78, 5) is 14.8. The normalized spacial score (nSPS) is 18.4. The molecule has 3 nitrogen and oxygen atoms in total. The molecule has 1 aliphatic heterocycles. The molecule has 0 bridgehead atoms. The van der Waals surface area contributed by atoms with Crippen LogP contribution in [0.4, 0.5) is 0 Å². The molecule has 1 aliphatic carbocycles. The van der Waals surface area contributed by atoms with Crippen molar-refractivity contribution >= 4 is 5.97 Å². The van der Waals surface area contributed by atoms with E-state index in [1.54, 1.807) is 0 Å². The van der Waals surface area contributed by atoms with Crippen LogP contribution in [0.5, 0.6) is 5.75 Å². The first-order valence-electron chi connectivity index (χ1n) is 9.80. The van der Waals surface area contributed by atoms with Gasteiger partial charge in [-0.1, -0.05) is 51.1 Å². The highest BCUT2D eigenvalue weighted by Gasteiger charge is 2.35. The van der Waals surface area contributed by atoms with Crippen molar-refractivity contribution in [2.75, 3.05) is 13.1 Å². The lowest BCUT2D eigenvalue weighted by atomic mass is 9.77. The Kier molecular flexibility index (Phi) is 4.58. The van der Waals surface area contributed by atoms with Gasteiger partial charge in [-0.05, 0) is 54.1 Å². The summed E-state index contributed by atoms with van der Waals surface area (Å²) in [6, 6.07) is 13.2. The Morgan fingerprint density at radius 3 is 2.73 bits per heavy atom. The minimum atomic E-state index is -0.169. The summed E-state index contributed by atoms with van der Waals surface area (Å²) in [7, 11) is 0. The summed E-state index contributed by atoms with van der Waals surface area (Å²) in [5, 5.41) is 0. The standard InChI is InChI=1S/C23H27NO2/c1-4-12-24-13-11-16-7-5-9-18-21(16)19(24)14-17-8-6-10-20(22(17)18)26-23(25)15(2)3/h5-10,15,19H,4,11-14H2,1-3H3/t19-/m1/s1. The van der Waals surface area contributed by atoms with Gasteiger partial charge in [-0.3, -0.25) is 9.69 Å². The van der Waals surface area contributed by atoms with E-state index in [9.17, 15) is 4.79 Å². The van der Waals surface area contributed by atoms with Crippen LogP contribution < -0.4 is 4.74 Å². The van der Waals surface area contributed by atoms with Gasteiger partial charge in [0.1, 0.15) is 5.75 Å². The molecule has 0 aromatic heterocycles. The molecule has 2 aliphatic rings. The SMILES string of the molecule is CCCN1CCc2cccc3c2[C@H]1Cc1cccc(OC(=O)C(C)C)c1-3. The lowest BCUT2D eigenvalue weighted by Gasteiger charge is -2.41. The Labute approximate surface area is 156 Å². The molecule has 3 heteroatoms. The first-order valence-corrected chi connectivity index (χ1v) is 9.80. The Morgan fingerprint density at radius 2 is 1.96 bits per heavy atom. The number of fused-ring (bicyclic) bond motifs is 2. The van der Waals surface area contributed by atoms with E-state index in [2.05, 4.69) is 36.1 Å². The summed E-state index contributed by atoms with van der Waals surface area (Å²) < 4.78 is 5.78. The second-order valence-electron chi connectivity index (χ2n) is 7.75. The van der Waals surface area contributed by atoms with Crippen LogP contribution in [0.15, 0.2) is 36.4 Å². The molecule has 0 N–H and O–H groups in total. The van der Waals surface area contributed by atoms with E-state index in [-0.39, 0.29) is 11.9 Å². The molecule has 0 saturated heterocycles. The zero-order valence-corrected chi connectivity index (χ0v) is 15.9. The number of benzene rings is 2. The van der Waals surface area contributed by atoms with Crippen molar-refractivity contribution < 1.29 is 9.53 Å². The van der Waals surface area contributed by atoms with Crippen LogP contribution in [0.3, 0.4) is 0 Å². The predicted molar refractivity (Wildman–Crippen MR) is 104 cm³/mol. The monoisotopic (exact) mass is 349 g/mol. The third kappa shape index (κ3) is 2.84. The molecular weight excluding hydrogens is 322 g/mol. The maximum absolute atomic E-state index is 12.2. The molecule has 0 unspecified atom stereocenters. The van der Waals surface area contributed by atoms with E-state index >= 15 is 0 Å². The van der Waals surface area contributed by atoms with E-state index in [0.717, 1.165) is 31.5 Å². The molecule has 2 aromatic carbocycles. The average Bonchev–Trinajstić information content (AvgIpc) is 2.64. The number of rotatable bonds is 4. The maximum atomic E-state index is 12.2. The number of nitrogens with zero attached hydrogens (tertiary/aromatic N) is 1. The average molecular weight is 349 g/mol. The van der Waals surface area contributed by atoms with Crippen molar-refractivity contribution in [2.45, 2.75) is 46.1 Å². The summed E-state index contributed by atoms with van der Waals surface area (Å²) in [5.41, 5.74) is 6.56. The lowest BCUT2D eigenvalue weighted by molar-refractivity contribution is -0.137. The Balaban J connectivity index is 1.84. The van der Waals surface area contributed by atoms with Crippen molar-refractivity contribution in [1.29, 1.82) is 0 Å². The van der Waals surface area contributed by atoms with E-state index < -0.39 is 0 Å². The molecule has 2 aromatic rings. The molecule has 0 saturated carbocycles. The van der Waals surface area contributed by atoms with E-state index in [1.165, 1.54) is 28.7 Å². The fourth-order valence-corrected chi connectivity index (χ4v) is 4.40. The number of carbonyl (C=O) groups excluding carboxylic acids is 1. The van der Waals surface area contributed by atoms with Gasteiger partial charge in [-0.15, -0.1) is 0 Å². The zero-order chi connectivity index (χ0) is 18.3. The summed E-state index contributed by atoms with van der Waals surface area (Å²) in [6.45, 7) is 8.27. The van der Waals surface area contributed by atoms with Gasteiger partial charge in [-0.2, -0.15) is 0 Å². The number of carbonyl (C=O) groups is 1. The predicted octanol–water partition coefficient (Wildman–Crippen LogP) is 4.78. The lowest BCUT2D eigenvalue weighted by Crippen LogP contribution is -2.38. The molecule has 0 amide bonds. The minimum Gasteiger partial charge on any atom is -0.426 e. The fourth-order valence-electron chi connectivity index (χ4n) is 4.40. The molecule has 1 heterocycles. The minimum absolute atomic E-state index is 0.132. The molecule has 0 spiro atoms. The van der Waals surface area contributed by atoms with Crippen molar-refractivity contribution in [1.82, 2.24) is 4.90 Å². The van der Waals surface area contributed by atoms with Crippen LogP contribution in [0.2, 0.25) is 0 Å². The van der Waals surface area contributed by atoms with Gasteiger partial charge in [0, 0.05) is 18.2 Å². The molecule has 0 fully saturated rings. The van der Waals surface area contributed by atoms with Gasteiger partial charge in [0.25, 0.3) is 0 Å². The fraction of sp³-hybridized carbons (Fsp3) is 0.435. The number of esters is 1. The number of ether oxygens (including phenoxy) is 1. The van der Waals surface area contributed by atoms with Crippen molar-refractivity contribution in [3.63, 3.8) is 0 Å². The van der Waals surface area contributed by atoms with Gasteiger partial charge in [0.15, 0.2) is 0 Å². The highest BCUT2D eigenvalue weighted by atomic mass is 16.5. The van der Waals surface area contributed by atoms with Gasteiger partial charge < -0.3 is 4.74 Å². The highest BCUT2D eigenvalue weighted by Crippen LogP contribution is 2.48. The first-order chi connectivity index (χ1) is 12.6. The van der Waals surface area contributed by atoms with Crippen molar-refractivity contribution in [3.8, 4) is 16.9 Å².